The molecule has 2 rings (SSSR count). The van der Waals surface area contributed by atoms with Crippen molar-refractivity contribution in [1.29, 1.82) is 0 Å². The SMILES string of the molecule is CCC(C)CCc1ccc(-c2ccc(B(OF)OF)cc2)cc1. The molecule has 0 spiro atoms. The molecular formula is C18H21BF2O2. The summed E-state index contributed by atoms with van der Waals surface area (Å²) in [6, 6.07) is 15.1. The van der Waals surface area contributed by atoms with Crippen LogP contribution in [0.25, 0.3) is 11.1 Å². The third kappa shape index (κ3) is 4.88. The Morgan fingerprint density at radius 3 is 1.91 bits per heavy atom. The van der Waals surface area contributed by atoms with Crippen LogP contribution >= 0.6 is 0 Å². The van der Waals surface area contributed by atoms with E-state index in [9.17, 15) is 9.05 Å². The number of rotatable bonds is 8. The fourth-order valence-electron chi connectivity index (χ4n) is 2.43. The van der Waals surface area contributed by atoms with Gasteiger partial charge in [-0.15, -0.1) is 0 Å². The van der Waals surface area contributed by atoms with E-state index < -0.39 is 7.12 Å². The zero-order chi connectivity index (χ0) is 16.7. The molecule has 1 unspecified atom stereocenters. The van der Waals surface area contributed by atoms with Gasteiger partial charge in [0.05, 0.1) is 0 Å². The van der Waals surface area contributed by atoms with Crippen LogP contribution in [0, 0.1) is 5.92 Å². The van der Waals surface area contributed by atoms with Crippen molar-refractivity contribution in [3.8, 4) is 11.1 Å². The molecule has 0 aliphatic carbocycles. The van der Waals surface area contributed by atoms with Gasteiger partial charge in [0.15, 0.2) is 0 Å². The highest BCUT2D eigenvalue weighted by atomic mass is 19.3. The van der Waals surface area contributed by atoms with Gasteiger partial charge >= 0.3 is 7.12 Å². The molecule has 0 aliphatic heterocycles. The normalized spacial score (nSPS) is 12.2. The van der Waals surface area contributed by atoms with Crippen LogP contribution in [0.5, 0.6) is 0 Å². The summed E-state index contributed by atoms with van der Waals surface area (Å²) >= 11 is 0. The first-order valence-corrected chi connectivity index (χ1v) is 7.92. The standard InChI is InChI=1S/C18H21BF2O2/c1-3-14(2)4-5-15-6-8-16(9-7-15)17-10-12-18(13-11-17)19(22-20)23-21/h6-14H,3-5H2,1-2H3. The smallest absolute Gasteiger partial charge is 0.214 e. The highest BCUT2D eigenvalue weighted by Gasteiger charge is 2.23. The average molecular weight is 318 g/mol. The maximum absolute atomic E-state index is 12.1. The van der Waals surface area contributed by atoms with Crippen molar-refractivity contribution in [1.82, 2.24) is 0 Å². The summed E-state index contributed by atoms with van der Waals surface area (Å²) in [5, 5.41) is 0. The van der Waals surface area contributed by atoms with Gasteiger partial charge < -0.3 is 0 Å². The van der Waals surface area contributed by atoms with Crippen LogP contribution in [0.2, 0.25) is 0 Å². The fraction of sp³-hybridized carbons (Fsp3) is 0.333. The zero-order valence-corrected chi connectivity index (χ0v) is 13.5. The Hall–Kier alpha value is -1.72. The van der Waals surface area contributed by atoms with Crippen LogP contribution in [0.1, 0.15) is 32.3 Å². The predicted octanol–water partition coefficient (Wildman–Crippen LogP) is 4.83. The van der Waals surface area contributed by atoms with Gasteiger partial charge in [0, 0.05) is 0 Å². The van der Waals surface area contributed by atoms with Crippen molar-refractivity contribution in [2.24, 2.45) is 5.92 Å². The van der Waals surface area contributed by atoms with Gasteiger partial charge in [0.2, 0.25) is 0 Å². The van der Waals surface area contributed by atoms with E-state index in [4.69, 9.17) is 0 Å². The minimum Gasteiger partial charge on any atom is -0.214 e. The third-order valence-corrected chi connectivity index (χ3v) is 4.25. The van der Waals surface area contributed by atoms with Crippen molar-refractivity contribution in [3.63, 3.8) is 0 Å². The molecule has 0 aliphatic rings. The molecule has 0 bridgehead atoms. The average Bonchev–Trinajstić information content (AvgIpc) is 2.62. The molecule has 2 aromatic carbocycles. The van der Waals surface area contributed by atoms with E-state index in [0.717, 1.165) is 23.5 Å². The van der Waals surface area contributed by atoms with Crippen molar-refractivity contribution in [3.05, 3.63) is 54.1 Å². The van der Waals surface area contributed by atoms with Crippen LogP contribution in [0.3, 0.4) is 0 Å². The Morgan fingerprint density at radius 2 is 1.43 bits per heavy atom. The van der Waals surface area contributed by atoms with E-state index in [1.165, 1.54) is 18.4 Å². The number of hydrogen-bond acceptors (Lipinski definition) is 2. The van der Waals surface area contributed by atoms with E-state index >= 15 is 0 Å². The maximum Gasteiger partial charge on any atom is 0.568 e. The second-order valence-electron chi connectivity index (χ2n) is 5.88. The minimum absolute atomic E-state index is 0.281. The summed E-state index contributed by atoms with van der Waals surface area (Å²) in [6.07, 6.45) is 3.48. The first kappa shape index (κ1) is 17.6. The number of halogens is 2. The summed E-state index contributed by atoms with van der Waals surface area (Å²) in [5.74, 6) is 0.741. The minimum atomic E-state index is -1.63. The molecule has 5 heteroatoms. The summed E-state index contributed by atoms with van der Waals surface area (Å²) in [5.41, 5.74) is 3.63. The van der Waals surface area contributed by atoms with E-state index in [1.54, 1.807) is 24.3 Å². The molecule has 23 heavy (non-hydrogen) atoms. The van der Waals surface area contributed by atoms with E-state index in [-0.39, 0.29) is 5.46 Å². The first-order valence-electron chi connectivity index (χ1n) is 7.92. The Bertz CT molecular complexity index is 583. The quantitative estimate of drug-likeness (QED) is 0.649. The summed E-state index contributed by atoms with van der Waals surface area (Å²) in [7, 11) is -1.63. The van der Waals surface area contributed by atoms with E-state index in [2.05, 4.69) is 47.8 Å². The van der Waals surface area contributed by atoms with Crippen molar-refractivity contribution >= 4 is 12.6 Å². The summed E-state index contributed by atoms with van der Waals surface area (Å²) in [6.45, 7) is 4.48. The molecular weight excluding hydrogens is 297 g/mol. The van der Waals surface area contributed by atoms with Crippen LogP contribution in [-0.4, -0.2) is 7.12 Å². The molecule has 0 fully saturated rings. The highest BCUT2D eigenvalue weighted by molar-refractivity contribution is 6.60. The monoisotopic (exact) mass is 318 g/mol. The Kier molecular flexibility index (Phi) is 6.75. The number of benzene rings is 2. The predicted molar refractivity (Wildman–Crippen MR) is 89.4 cm³/mol. The molecule has 0 radical (unpaired) electrons. The van der Waals surface area contributed by atoms with Gasteiger partial charge in [-0.05, 0) is 40.9 Å². The van der Waals surface area contributed by atoms with Crippen LogP contribution in [-0.2, 0) is 16.1 Å². The van der Waals surface area contributed by atoms with Crippen LogP contribution in [0.4, 0.5) is 9.05 Å². The van der Waals surface area contributed by atoms with Crippen molar-refractivity contribution in [2.75, 3.05) is 0 Å². The van der Waals surface area contributed by atoms with Gasteiger partial charge in [0.1, 0.15) is 0 Å². The lowest BCUT2D eigenvalue weighted by Crippen LogP contribution is -2.32. The molecule has 122 valence electrons. The lowest BCUT2D eigenvalue weighted by atomic mass is 9.79. The van der Waals surface area contributed by atoms with Crippen LogP contribution in [0.15, 0.2) is 48.5 Å². The topological polar surface area (TPSA) is 18.5 Å². The molecule has 0 aromatic heterocycles. The van der Waals surface area contributed by atoms with Crippen molar-refractivity contribution in [2.45, 2.75) is 33.1 Å². The largest absolute Gasteiger partial charge is 0.568 e. The second kappa shape index (κ2) is 8.80. The molecule has 2 nitrogen and oxygen atoms in total. The Balaban J connectivity index is 2.04. The molecule has 0 heterocycles. The van der Waals surface area contributed by atoms with Gasteiger partial charge in [-0.2, -0.15) is 0 Å². The first-order chi connectivity index (χ1) is 11.2. The lowest BCUT2D eigenvalue weighted by Gasteiger charge is -2.09. The molecule has 0 saturated carbocycles. The molecule has 2 aromatic rings. The Labute approximate surface area is 136 Å². The zero-order valence-electron chi connectivity index (χ0n) is 13.5. The number of hydrogen-bond donors (Lipinski definition) is 0. The fourth-order valence-corrected chi connectivity index (χ4v) is 2.43. The lowest BCUT2D eigenvalue weighted by molar-refractivity contribution is -0.100. The highest BCUT2D eigenvalue weighted by Crippen LogP contribution is 2.20. The van der Waals surface area contributed by atoms with E-state index in [0.29, 0.717) is 0 Å². The summed E-state index contributed by atoms with van der Waals surface area (Å²) < 4.78 is 24.2. The van der Waals surface area contributed by atoms with Gasteiger partial charge in [-0.25, -0.2) is 9.72 Å². The maximum atomic E-state index is 12.1. The van der Waals surface area contributed by atoms with Crippen molar-refractivity contribution < 1.29 is 18.8 Å². The second-order valence-corrected chi connectivity index (χ2v) is 5.88. The Morgan fingerprint density at radius 1 is 0.913 bits per heavy atom. The van der Waals surface area contributed by atoms with Crippen LogP contribution < -0.4 is 5.46 Å². The third-order valence-electron chi connectivity index (χ3n) is 4.25. The van der Waals surface area contributed by atoms with Gasteiger partial charge in [-0.1, -0.05) is 77.9 Å². The van der Waals surface area contributed by atoms with E-state index in [1.807, 2.05) is 0 Å². The summed E-state index contributed by atoms with van der Waals surface area (Å²) in [4.78, 5) is 6.81. The molecule has 0 saturated heterocycles. The molecule has 0 amide bonds. The number of aryl methyl sites for hydroxylation is 1. The van der Waals surface area contributed by atoms with Gasteiger partial charge in [-0.3, -0.25) is 0 Å². The van der Waals surface area contributed by atoms with Gasteiger partial charge in [0.25, 0.3) is 0 Å². The molecule has 1 atom stereocenters. The molecule has 0 N–H and O–H groups in total.